The Morgan fingerprint density at radius 2 is 2.43 bits per heavy atom. The van der Waals surface area contributed by atoms with E-state index in [4.69, 9.17) is 19.6 Å². The van der Waals surface area contributed by atoms with Gasteiger partial charge in [0.25, 0.3) is 0 Å². The summed E-state index contributed by atoms with van der Waals surface area (Å²) in [5.41, 5.74) is 6.74. The highest BCUT2D eigenvalue weighted by molar-refractivity contribution is 5.92. The molecule has 0 saturated heterocycles. The smallest absolute Gasteiger partial charge is 0.338 e. The van der Waals surface area contributed by atoms with Gasteiger partial charge in [-0.1, -0.05) is 12.7 Å². The van der Waals surface area contributed by atoms with Crippen LogP contribution in [0.4, 0.5) is 0 Å². The second kappa shape index (κ2) is 6.01. The number of ether oxygens (including phenoxy) is 2. The summed E-state index contributed by atoms with van der Waals surface area (Å²) in [6.45, 7) is 5.15. The monoisotopic (exact) mass is 286 g/mol. The first kappa shape index (κ1) is 14.5. The predicted molar refractivity (Wildman–Crippen MR) is 73.2 cm³/mol. The number of nitriles is 1. The average Bonchev–Trinajstić information content (AvgIpc) is 2.97. The van der Waals surface area contributed by atoms with Crippen LogP contribution in [-0.2, 0) is 14.3 Å². The molecule has 0 aliphatic carbocycles. The van der Waals surface area contributed by atoms with Gasteiger partial charge in [-0.15, -0.1) is 0 Å². The van der Waals surface area contributed by atoms with E-state index in [1.165, 1.54) is 18.6 Å². The molecule has 108 valence electrons. The molecule has 0 fully saturated rings. The molecule has 6 heteroatoms. The van der Waals surface area contributed by atoms with Gasteiger partial charge >= 0.3 is 5.97 Å². The summed E-state index contributed by atoms with van der Waals surface area (Å²) < 4.78 is 15.4. The van der Waals surface area contributed by atoms with Crippen molar-refractivity contribution in [3.05, 3.63) is 59.6 Å². The standard InChI is InChI=1S/C15H14N2O4/c1-3-5-20-15(18)12-9(2)21-14(17)11(7-16)13(12)10-4-6-19-8-10/h3-4,6,8,13H,1,5,17H2,2H3. The summed E-state index contributed by atoms with van der Waals surface area (Å²) in [6.07, 6.45) is 4.37. The molecule has 0 spiro atoms. The van der Waals surface area contributed by atoms with Crippen molar-refractivity contribution in [3.8, 4) is 6.07 Å². The van der Waals surface area contributed by atoms with Crippen LogP contribution in [-0.4, -0.2) is 12.6 Å². The zero-order valence-electron chi connectivity index (χ0n) is 11.5. The van der Waals surface area contributed by atoms with Gasteiger partial charge in [-0.05, 0) is 13.0 Å². The molecule has 0 amide bonds. The number of rotatable bonds is 4. The lowest BCUT2D eigenvalue weighted by Gasteiger charge is -2.25. The minimum Gasteiger partial charge on any atom is -0.472 e. The highest BCUT2D eigenvalue weighted by atomic mass is 16.5. The summed E-state index contributed by atoms with van der Waals surface area (Å²) >= 11 is 0. The van der Waals surface area contributed by atoms with Crippen molar-refractivity contribution >= 4 is 5.97 Å². The molecule has 0 radical (unpaired) electrons. The molecule has 21 heavy (non-hydrogen) atoms. The first-order valence-corrected chi connectivity index (χ1v) is 6.18. The van der Waals surface area contributed by atoms with Gasteiger partial charge in [0.15, 0.2) is 0 Å². The molecule has 1 atom stereocenters. The van der Waals surface area contributed by atoms with E-state index in [-0.39, 0.29) is 23.6 Å². The number of carbonyl (C=O) groups excluding carboxylic acids is 1. The van der Waals surface area contributed by atoms with Crippen LogP contribution >= 0.6 is 0 Å². The zero-order chi connectivity index (χ0) is 15.4. The van der Waals surface area contributed by atoms with Gasteiger partial charge in [0.2, 0.25) is 5.88 Å². The molecule has 1 aromatic rings. The molecule has 1 aliphatic heterocycles. The van der Waals surface area contributed by atoms with Crippen molar-refractivity contribution in [3.63, 3.8) is 0 Å². The van der Waals surface area contributed by atoms with Crippen LogP contribution in [0, 0.1) is 11.3 Å². The van der Waals surface area contributed by atoms with Crippen LogP contribution in [0.1, 0.15) is 18.4 Å². The molecule has 6 nitrogen and oxygen atoms in total. The Labute approximate surface area is 121 Å². The van der Waals surface area contributed by atoms with Crippen molar-refractivity contribution in [2.24, 2.45) is 5.73 Å². The number of hydrogen-bond donors (Lipinski definition) is 1. The van der Waals surface area contributed by atoms with E-state index in [0.717, 1.165) is 0 Å². The fourth-order valence-electron chi connectivity index (χ4n) is 2.13. The van der Waals surface area contributed by atoms with E-state index in [0.29, 0.717) is 11.3 Å². The number of allylic oxidation sites excluding steroid dienone is 2. The molecular weight excluding hydrogens is 272 g/mol. The molecule has 2 heterocycles. The lowest BCUT2D eigenvalue weighted by molar-refractivity contribution is -0.138. The van der Waals surface area contributed by atoms with Crippen LogP contribution in [0.3, 0.4) is 0 Å². The van der Waals surface area contributed by atoms with E-state index in [1.807, 2.05) is 6.07 Å². The molecule has 0 aromatic carbocycles. The molecular formula is C15H14N2O4. The van der Waals surface area contributed by atoms with Crippen LogP contribution in [0.2, 0.25) is 0 Å². The Morgan fingerprint density at radius 1 is 1.67 bits per heavy atom. The fraction of sp³-hybridized carbons (Fsp3) is 0.200. The van der Waals surface area contributed by atoms with Crippen molar-refractivity contribution < 1.29 is 18.7 Å². The Morgan fingerprint density at radius 3 is 3.00 bits per heavy atom. The highest BCUT2D eigenvalue weighted by Gasteiger charge is 2.36. The SMILES string of the molecule is C=CCOC(=O)C1=C(C)OC(N)=C(C#N)C1c1ccoc1. The third kappa shape index (κ3) is 2.67. The molecule has 0 saturated carbocycles. The third-order valence-electron chi connectivity index (χ3n) is 3.03. The minimum absolute atomic E-state index is 0.0264. The molecule has 1 aromatic heterocycles. The van der Waals surface area contributed by atoms with E-state index in [2.05, 4.69) is 6.58 Å². The number of furan rings is 1. The predicted octanol–water partition coefficient (Wildman–Crippen LogP) is 2.09. The fourth-order valence-corrected chi connectivity index (χ4v) is 2.13. The van der Waals surface area contributed by atoms with Crippen LogP contribution < -0.4 is 5.73 Å². The second-order valence-electron chi connectivity index (χ2n) is 4.34. The summed E-state index contributed by atoms with van der Waals surface area (Å²) in [5.74, 6) is -0.980. The van der Waals surface area contributed by atoms with Gasteiger partial charge in [0, 0.05) is 5.56 Å². The maximum absolute atomic E-state index is 12.2. The van der Waals surface area contributed by atoms with E-state index in [9.17, 15) is 10.1 Å². The highest BCUT2D eigenvalue weighted by Crippen LogP contribution is 2.39. The van der Waals surface area contributed by atoms with Crippen molar-refractivity contribution in [2.45, 2.75) is 12.8 Å². The maximum atomic E-state index is 12.2. The van der Waals surface area contributed by atoms with Gasteiger partial charge in [-0.3, -0.25) is 0 Å². The van der Waals surface area contributed by atoms with Crippen LogP contribution in [0.5, 0.6) is 0 Å². The number of nitrogens with two attached hydrogens (primary N) is 1. The number of nitrogens with zero attached hydrogens (tertiary/aromatic N) is 1. The lowest BCUT2D eigenvalue weighted by Crippen LogP contribution is -2.25. The van der Waals surface area contributed by atoms with E-state index < -0.39 is 11.9 Å². The summed E-state index contributed by atoms with van der Waals surface area (Å²) in [6, 6.07) is 3.64. The zero-order valence-corrected chi connectivity index (χ0v) is 11.5. The third-order valence-corrected chi connectivity index (χ3v) is 3.03. The van der Waals surface area contributed by atoms with Crippen molar-refractivity contribution in [1.29, 1.82) is 5.26 Å². The molecule has 2 rings (SSSR count). The Bertz CT molecular complexity index is 662. The maximum Gasteiger partial charge on any atom is 0.338 e. The molecule has 1 aliphatic rings. The van der Waals surface area contributed by atoms with E-state index in [1.54, 1.807) is 13.0 Å². The van der Waals surface area contributed by atoms with Crippen LogP contribution in [0.25, 0.3) is 0 Å². The van der Waals surface area contributed by atoms with Crippen molar-refractivity contribution in [1.82, 2.24) is 0 Å². The number of esters is 1. The second-order valence-corrected chi connectivity index (χ2v) is 4.34. The Balaban J connectivity index is 2.49. The number of hydrogen-bond acceptors (Lipinski definition) is 6. The normalized spacial score (nSPS) is 18.0. The van der Waals surface area contributed by atoms with Gasteiger partial charge in [0.05, 0.1) is 24.0 Å². The quantitative estimate of drug-likeness (QED) is 0.672. The minimum atomic E-state index is -0.667. The van der Waals surface area contributed by atoms with Crippen molar-refractivity contribution in [2.75, 3.05) is 6.61 Å². The van der Waals surface area contributed by atoms with Gasteiger partial charge < -0.3 is 19.6 Å². The summed E-state index contributed by atoms with van der Waals surface area (Å²) in [5, 5.41) is 9.30. The lowest BCUT2D eigenvalue weighted by atomic mass is 9.84. The van der Waals surface area contributed by atoms with Gasteiger partial charge in [-0.2, -0.15) is 5.26 Å². The topological polar surface area (TPSA) is 98.5 Å². The molecule has 2 N–H and O–H groups in total. The molecule has 1 unspecified atom stereocenters. The van der Waals surface area contributed by atoms with E-state index >= 15 is 0 Å². The molecule has 0 bridgehead atoms. The number of carbonyl (C=O) groups is 1. The summed E-state index contributed by atoms with van der Waals surface area (Å²) in [7, 11) is 0. The first-order chi connectivity index (χ1) is 10.1. The largest absolute Gasteiger partial charge is 0.472 e. The van der Waals surface area contributed by atoms with Gasteiger partial charge in [0.1, 0.15) is 24.0 Å². The Kier molecular flexibility index (Phi) is 4.14. The Hall–Kier alpha value is -2.94. The average molecular weight is 286 g/mol. The first-order valence-electron chi connectivity index (χ1n) is 6.18. The summed E-state index contributed by atoms with van der Waals surface area (Å²) in [4.78, 5) is 12.2. The van der Waals surface area contributed by atoms with Crippen LogP contribution in [0.15, 0.2) is 58.5 Å². The van der Waals surface area contributed by atoms with Gasteiger partial charge in [-0.25, -0.2) is 4.79 Å².